The molecule has 6 nitrogen and oxygen atoms in total. The molecule has 0 atom stereocenters. The van der Waals surface area contributed by atoms with E-state index in [2.05, 4.69) is 15.5 Å². The molecule has 0 aliphatic heterocycles. The molecule has 5 aromatic rings. The monoisotopic (exact) mass is 468 g/mol. The second-order valence-electron chi connectivity index (χ2n) is 7.72. The van der Waals surface area contributed by atoms with Crippen LogP contribution >= 0.6 is 11.6 Å². The molecule has 34 heavy (non-hydrogen) atoms. The number of para-hydroxylation sites is 1. The first-order valence-corrected chi connectivity index (χ1v) is 11.1. The van der Waals surface area contributed by atoms with Crippen LogP contribution in [-0.2, 0) is 6.54 Å². The van der Waals surface area contributed by atoms with Crippen LogP contribution < -0.4 is 10.1 Å². The van der Waals surface area contributed by atoms with Gasteiger partial charge in [-0.3, -0.25) is 9.89 Å². The maximum atomic E-state index is 13.5. The Balaban J connectivity index is 1.60. The molecular formula is C27H21ClN4O2. The molecule has 0 aliphatic rings. The first kappa shape index (κ1) is 21.7. The van der Waals surface area contributed by atoms with Crippen molar-refractivity contribution in [1.82, 2.24) is 20.5 Å². The number of ether oxygens (including phenoxy) is 1. The standard InChI is InChI=1S/C27H21ClN4O2/c1-34-23-10-6-5-9-19(23)16-29-27(33)21-15-22(17-7-3-2-4-8-17)30-26-24(21)25(31-32-26)18-11-13-20(28)14-12-18/h2-15H,16H2,1H3,(H,29,33)(H,30,31,32). The third-order valence-corrected chi connectivity index (χ3v) is 5.85. The first-order valence-electron chi connectivity index (χ1n) is 10.7. The summed E-state index contributed by atoms with van der Waals surface area (Å²) >= 11 is 6.07. The van der Waals surface area contributed by atoms with E-state index in [-0.39, 0.29) is 5.91 Å². The number of benzene rings is 3. The maximum Gasteiger partial charge on any atom is 0.252 e. The van der Waals surface area contributed by atoms with Gasteiger partial charge in [0.1, 0.15) is 5.75 Å². The zero-order valence-corrected chi connectivity index (χ0v) is 19.1. The predicted octanol–water partition coefficient (Wildman–Crippen LogP) is 5.88. The average molecular weight is 469 g/mol. The van der Waals surface area contributed by atoms with Gasteiger partial charge in [0.15, 0.2) is 5.65 Å². The van der Waals surface area contributed by atoms with Crippen LogP contribution in [0.25, 0.3) is 33.5 Å². The number of carbonyl (C=O) groups is 1. The molecule has 7 heteroatoms. The minimum atomic E-state index is -0.230. The Hall–Kier alpha value is -4.16. The molecule has 0 saturated heterocycles. The summed E-state index contributed by atoms with van der Waals surface area (Å²) in [6.45, 7) is 0.321. The number of pyridine rings is 1. The number of halogens is 1. The number of hydrogen-bond acceptors (Lipinski definition) is 4. The zero-order valence-electron chi connectivity index (χ0n) is 18.4. The minimum absolute atomic E-state index is 0.230. The van der Waals surface area contributed by atoms with Gasteiger partial charge in [0.2, 0.25) is 0 Å². The summed E-state index contributed by atoms with van der Waals surface area (Å²) < 4.78 is 5.42. The van der Waals surface area contributed by atoms with E-state index in [0.29, 0.717) is 39.6 Å². The molecule has 0 radical (unpaired) electrons. The van der Waals surface area contributed by atoms with E-state index in [1.165, 1.54) is 0 Å². The quantitative estimate of drug-likeness (QED) is 0.326. The Morgan fingerprint density at radius 1 is 0.971 bits per heavy atom. The van der Waals surface area contributed by atoms with Gasteiger partial charge in [0, 0.05) is 28.3 Å². The van der Waals surface area contributed by atoms with Gasteiger partial charge >= 0.3 is 0 Å². The molecule has 2 heterocycles. The lowest BCUT2D eigenvalue weighted by Crippen LogP contribution is -2.23. The van der Waals surface area contributed by atoms with Crippen LogP contribution in [0.2, 0.25) is 5.02 Å². The molecular weight excluding hydrogens is 448 g/mol. The summed E-state index contributed by atoms with van der Waals surface area (Å²) in [5.41, 5.74) is 4.98. The number of methoxy groups -OCH3 is 1. The van der Waals surface area contributed by atoms with E-state index < -0.39 is 0 Å². The number of amides is 1. The van der Waals surface area contributed by atoms with Gasteiger partial charge in [0.25, 0.3) is 5.91 Å². The highest BCUT2D eigenvalue weighted by atomic mass is 35.5. The smallest absolute Gasteiger partial charge is 0.252 e. The summed E-state index contributed by atoms with van der Waals surface area (Å²) in [6, 6.07) is 26.5. The van der Waals surface area contributed by atoms with Gasteiger partial charge in [-0.2, -0.15) is 5.10 Å². The van der Waals surface area contributed by atoms with Crippen LogP contribution in [0, 0.1) is 0 Å². The van der Waals surface area contributed by atoms with Gasteiger partial charge in [-0.15, -0.1) is 0 Å². The van der Waals surface area contributed by atoms with Crippen molar-refractivity contribution in [3.05, 3.63) is 101 Å². The highest BCUT2D eigenvalue weighted by Gasteiger charge is 2.20. The van der Waals surface area contributed by atoms with Crippen molar-refractivity contribution in [3.8, 4) is 28.3 Å². The van der Waals surface area contributed by atoms with Gasteiger partial charge in [0.05, 0.1) is 29.4 Å². The molecule has 2 N–H and O–H groups in total. The minimum Gasteiger partial charge on any atom is -0.496 e. The van der Waals surface area contributed by atoms with E-state index in [4.69, 9.17) is 21.3 Å². The molecule has 0 saturated carbocycles. The number of nitrogens with zero attached hydrogens (tertiary/aromatic N) is 2. The summed E-state index contributed by atoms with van der Waals surface area (Å²) in [6.07, 6.45) is 0. The molecule has 2 aromatic heterocycles. The molecule has 5 rings (SSSR count). The van der Waals surface area contributed by atoms with Crippen LogP contribution in [0.3, 0.4) is 0 Å². The van der Waals surface area contributed by atoms with Crippen molar-refractivity contribution in [3.63, 3.8) is 0 Å². The normalized spacial score (nSPS) is 10.9. The maximum absolute atomic E-state index is 13.5. The van der Waals surface area contributed by atoms with Gasteiger partial charge in [-0.1, -0.05) is 72.3 Å². The lowest BCUT2D eigenvalue weighted by atomic mass is 10.0. The Bertz CT molecular complexity index is 1460. The van der Waals surface area contributed by atoms with Crippen molar-refractivity contribution < 1.29 is 9.53 Å². The van der Waals surface area contributed by atoms with Crippen LogP contribution in [0.4, 0.5) is 0 Å². The van der Waals surface area contributed by atoms with Crippen molar-refractivity contribution in [1.29, 1.82) is 0 Å². The van der Waals surface area contributed by atoms with Crippen molar-refractivity contribution in [2.75, 3.05) is 7.11 Å². The summed E-state index contributed by atoms with van der Waals surface area (Å²) in [5, 5.41) is 11.8. The predicted molar refractivity (Wildman–Crippen MR) is 134 cm³/mol. The van der Waals surface area contributed by atoms with E-state index >= 15 is 0 Å². The number of rotatable bonds is 6. The fourth-order valence-electron chi connectivity index (χ4n) is 3.90. The lowest BCUT2D eigenvalue weighted by molar-refractivity contribution is 0.0952. The molecule has 168 valence electrons. The number of aromatic nitrogens is 3. The van der Waals surface area contributed by atoms with Gasteiger partial charge in [-0.05, 0) is 24.3 Å². The second-order valence-corrected chi connectivity index (χ2v) is 8.16. The third-order valence-electron chi connectivity index (χ3n) is 5.60. The summed E-state index contributed by atoms with van der Waals surface area (Å²) in [5.74, 6) is 0.491. The zero-order chi connectivity index (χ0) is 23.5. The number of hydrogen-bond donors (Lipinski definition) is 2. The average Bonchev–Trinajstić information content (AvgIpc) is 3.32. The van der Waals surface area contributed by atoms with Crippen LogP contribution in [0.1, 0.15) is 15.9 Å². The number of carbonyl (C=O) groups excluding carboxylic acids is 1. The van der Waals surface area contributed by atoms with Gasteiger partial charge < -0.3 is 10.1 Å². The molecule has 3 aromatic carbocycles. The first-order chi connectivity index (χ1) is 16.6. The lowest BCUT2D eigenvalue weighted by Gasteiger charge is -2.12. The Morgan fingerprint density at radius 2 is 1.71 bits per heavy atom. The van der Waals surface area contributed by atoms with E-state index in [9.17, 15) is 4.79 Å². The van der Waals surface area contributed by atoms with Crippen LogP contribution in [0.5, 0.6) is 5.75 Å². The Kier molecular flexibility index (Phi) is 5.97. The van der Waals surface area contributed by atoms with Crippen LogP contribution in [-0.4, -0.2) is 28.2 Å². The summed E-state index contributed by atoms with van der Waals surface area (Å²) in [4.78, 5) is 18.2. The second kappa shape index (κ2) is 9.37. The highest BCUT2D eigenvalue weighted by Crippen LogP contribution is 2.32. The Labute approximate surface area is 201 Å². The highest BCUT2D eigenvalue weighted by molar-refractivity contribution is 6.30. The molecule has 0 bridgehead atoms. The van der Waals surface area contributed by atoms with Gasteiger partial charge in [-0.25, -0.2) is 4.98 Å². The van der Waals surface area contributed by atoms with E-state index in [0.717, 1.165) is 22.4 Å². The van der Waals surface area contributed by atoms with Crippen molar-refractivity contribution in [2.45, 2.75) is 6.54 Å². The fourth-order valence-corrected chi connectivity index (χ4v) is 4.03. The molecule has 0 spiro atoms. The number of fused-ring (bicyclic) bond motifs is 1. The number of aromatic amines is 1. The SMILES string of the molecule is COc1ccccc1CNC(=O)c1cc(-c2ccccc2)nc2n[nH]c(-c3ccc(Cl)cc3)c12. The Morgan fingerprint density at radius 3 is 2.47 bits per heavy atom. The molecule has 1 amide bonds. The largest absolute Gasteiger partial charge is 0.496 e. The number of nitrogens with one attached hydrogen (secondary N) is 2. The summed E-state index contributed by atoms with van der Waals surface area (Å²) in [7, 11) is 1.61. The number of H-pyrrole nitrogens is 1. The topological polar surface area (TPSA) is 79.9 Å². The molecule has 0 aliphatic carbocycles. The third kappa shape index (κ3) is 4.23. The van der Waals surface area contributed by atoms with Crippen LogP contribution in [0.15, 0.2) is 84.9 Å². The fraction of sp³-hybridized carbons (Fsp3) is 0.0741. The van der Waals surface area contributed by atoms with E-state index in [1.807, 2.05) is 72.8 Å². The van der Waals surface area contributed by atoms with E-state index in [1.54, 1.807) is 19.2 Å². The molecule has 0 unspecified atom stereocenters. The van der Waals surface area contributed by atoms with Crippen molar-refractivity contribution >= 4 is 28.5 Å². The molecule has 0 fully saturated rings. The van der Waals surface area contributed by atoms with Crippen molar-refractivity contribution in [2.24, 2.45) is 0 Å².